The Kier molecular flexibility index (Phi) is 16.5. The minimum Gasteiger partial charge on any atom is -0.508 e. The molecule has 462 valence electrons. The number of nitrogens with one attached hydrogen (secondary N) is 3. The van der Waals surface area contributed by atoms with E-state index in [1.54, 1.807) is 25.3 Å². The molecule has 0 amide bonds. The molecule has 16 nitrogen and oxygen atoms in total. The summed E-state index contributed by atoms with van der Waals surface area (Å²) < 4.78 is 20.4. The molecular formula is C72H82N4O12. The number of nitrogens with zero attached hydrogens (tertiary/aromatic N) is 1. The van der Waals surface area contributed by atoms with Gasteiger partial charge < -0.3 is 69.8 Å². The number of hydrogen-bond acceptors (Lipinski definition) is 13. The van der Waals surface area contributed by atoms with Crippen LogP contribution in [0.2, 0.25) is 0 Å². The molecule has 2 aliphatic heterocycles. The van der Waals surface area contributed by atoms with Crippen molar-refractivity contribution in [2.24, 2.45) is 35.0 Å². The van der Waals surface area contributed by atoms with Gasteiger partial charge in [0.15, 0.2) is 23.0 Å². The average Bonchev–Trinajstić information content (AvgIpc) is 1.53. The molecule has 10 N–H and O–H groups in total. The van der Waals surface area contributed by atoms with Gasteiger partial charge >= 0.3 is 5.97 Å². The fourth-order valence-corrected chi connectivity index (χ4v) is 17.9. The van der Waals surface area contributed by atoms with Crippen molar-refractivity contribution in [1.29, 1.82) is 0 Å². The zero-order valence-corrected chi connectivity index (χ0v) is 50.2. The number of fused-ring (bicyclic) bond motifs is 10. The van der Waals surface area contributed by atoms with Gasteiger partial charge in [0.2, 0.25) is 0 Å². The van der Waals surface area contributed by atoms with Crippen molar-refractivity contribution in [1.82, 2.24) is 19.9 Å². The lowest BCUT2D eigenvalue weighted by molar-refractivity contribution is -0.149. The lowest BCUT2D eigenvalue weighted by Gasteiger charge is -2.58. The molecule has 88 heavy (non-hydrogen) atoms. The van der Waals surface area contributed by atoms with E-state index in [0.717, 1.165) is 92.4 Å². The number of phenols is 3. The van der Waals surface area contributed by atoms with E-state index in [0.29, 0.717) is 51.4 Å². The highest BCUT2D eigenvalue weighted by atomic mass is 16.5. The minimum atomic E-state index is -0.824. The fourth-order valence-electron chi connectivity index (χ4n) is 17.9. The monoisotopic (exact) mass is 1190 g/mol. The first-order valence-corrected chi connectivity index (χ1v) is 31.9. The zero-order chi connectivity index (χ0) is 61.0. The molecule has 5 heterocycles. The number of ketones is 1. The third-order valence-corrected chi connectivity index (χ3v) is 21.3. The summed E-state index contributed by atoms with van der Waals surface area (Å²) in [6.07, 6.45) is 10.0. The predicted octanol–water partition coefficient (Wildman–Crippen LogP) is 10.7. The van der Waals surface area contributed by atoms with Gasteiger partial charge in [0, 0.05) is 65.7 Å². The standard InChI is InChI=1S/C72H82N4O12/c1-41(79)58-21-23-67(76-61-24-25-73-60(61)37-62(76)43-9-7-11-46(80)30-43)72(75-58)40-71(39-45(72)10-8-26-77)38-44-31-56-53-35-64(84)65(86-2)36-54(53)55(69(44)52-20-18-47(81)34-57(52)71)33-48(82)32-49(19-16-42-17-22-63(83)66(29-42)87-28-27-78)88-68(85)15-6-4-13-51-50-12-3-5-14-59(50)74-70(51)56/h3,5,7,9,11-12,14,17,22,24-25,29-31,35-37,41,44-45,47,49,52,55,57-58,67,69,73-75,77-81,83-84H,8,10,13,15-16,18-21,23,26-28,32-34,38-40H2,1-2H3. The van der Waals surface area contributed by atoms with Gasteiger partial charge in [-0.25, -0.2) is 0 Å². The van der Waals surface area contributed by atoms with Crippen molar-refractivity contribution < 1.29 is 59.5 Å². The molecule has 4 fully saturated rings. The normalized spacial score (nSPS) is 29.1. The minimum absolute atomic E-state index is 0.00207. The number of carbonyl (C=O) groups is 2. The van der Waals surface area contributed by atoms with Crippen LogP contribution < -0.4 is 14.8 Å². The number of H-pyrrole nitrogens is 2. The van der Waals surface area contributed by atoms with Gasteiger partial charge in [0.1, 0.15) is 30.7 Å². The van der Waals surface area contributed by atoms with Gasteiger partial charge in [-0.1, -0.05) is 54.3 Å². The highest BCUT2D eigenvalue weighted by Crippen LogP contribution is 2.70. The first kappa shape index (κ1) is 59.4. The quantitative estimate of drug-likeness (QED) is 0.0382. The Labute approximate surface area is 513 Å². The van der Waals surface area contributed by atoms with Crippen LogP contribution in [0.5, 0.6) is 28.7 Å². The maximum Gasteiger partial charge on any atom is 0.318 e. The second-order valence-corrected chi connectivity index (χ2v) is 26.3. The number of aliphatic hydroxyl groups excluding tert-OH is 4. The summed E-state index contributed by atoms with van der Waals surface area (Å²) in [5.74, 6) is 5.66. The number of aryl methyl sites for hydroxylation is 1. The first-order chi connectivity index (χ1) is 42.7. The van der Waals surface area contributed by atoms with E-state index in [2.05, 4.69) is 62.0 Å². The highest BCUT2D eigenvalue weighted by molar-refractivity contribution is 5.94. The molecule has 2 bridgehead atoms. The van der Waals surface area contributed by atoms with Gasteiger partial charge in [0.05, 0.1) is 54.4 Å². The number of methoxy groups -OCH3 is 1. The fraction of sp³-hybridized carbons (Fsp3) is 0.472. The number of hydrogen-bond donors (Lipinski definition) is 10. The van der Waals surface area contributed by atoms with Crippen molar-refractivity contribution in [2.75, 3.05) is 26.9 Å². The van der Waals surface area contributed by atoms with Gasteiger partial charge in [0.25, 0.3) is 0 Å². The van der Waals surface area contributed by atoms with Gasteiger partial charge in [-0.3, -0.25) is 9.59 Å². The highest BCUT2D eigenvalue weighted by Gasteiger charge is 2.66. The van der Waals surface area contributed by atoms with Crippen molar-refractivity contribution in [3.05, 3.63) is 131 Å². The SMILES string of the molecule is COc1cc2c(cc1O)C1=CC3CC4(CC(CCCO)C5(C4)NC(C(C)O)CCC5n4c(-c5cccc(O)c5)cc5[nH]ccc54)C4CC(O)CCC4C3C2CC(=O)CC(CCc2ccc(O)c(OCCO)c2)OC(=O)CC#CCc2c1[nH]c1ccccc21. The summed E-state index contributed by atoms with van der Waals surface area (Å²) in [6.45, 7) is 1.66. The van der Waals surface area contributed by atoms with Crippen molar-refractivity contribution in [3.8, 4) is 51.8 Å². The van der Waals surface area contributed by atoms with Crippen molar-refractivity contribution in [3.63, 3.8) is 0 Å². The number of cyclic esters (lactones) is 1. The number of phenolic OH excluding ortho intramolecular Hbond substituents is 3. The molecule has 13 rings (SSSR count). The van der Waals surface area contributed by atoms with Gasteiger partial charge in [-0.05, 0) is 202 Å². The third kappa shape index (κ3) is 10.9. The molecular weight excluding hydrogens is 1110 g/mol. The molecule has 16 heteroatoms. The Hall–Kier alpha value is -7.52. The number of aromatic hydroxyl groups is 3. The summed E-state index contributed by atoms with van der Waals surface area (Å²) >= 11 is 0. The lowest BCUT2D eigenvalue weighted by atomic mass is 9.47. The van der Waals surface area contributed by atoms with E-state index in [-0.39, 0.29) is 122 Å². The number of ether oxygens (including phenoxy) is 3. The Morgan fingerprint density at radius 3 is 2.52 bits per heavy atom. The van der Waals surface area contributed by atoms with E-state index in [1.807, 2.05) is 55.6 Å². The largest absolute Gasteiger partial charge is 0.508 e. The molecule has 4 aromatic carbocycles. The second kappa shape index (κ2) is 24.5. The Morgan fingerprint density at radius 2 is 1.70 bits per heavy atom. The molecule has 3 saturated carbocycles. The van der Waals surface area contributed by atoms with Gasteiger partial charge in [-0.15, -0.1) is 0 Å². The molecule has 1 saturated heterocycles. The lowest BCUT2D eigenvalue weighted by Crippen LogP contribution is -2.64. The summed E-state index contributed by atoms with van der Waals surface area (Å²) in [6, 6.07) is 28.3. The molecule has 2 spiro atoms. The Morgan fingerprint density at radius 1 is 0.852 bits per heavy atom. The molecule has 13 atom stereocenters. The van der Waals surface area contributed by atoms with E-state index in [9.17, 15) is 40.5 Å². The molecule has 7 aromatic rings. The van der Waals surface area contributed by atoms with Gasteiger partial charge in [-0.2, -0.15) is 0 Å². The molecule has 0 radical (unpaired) electrons. The number of aliphatic hydroxyl groups is 4. The number of esters is 1. The van der Waals surface area contributed by atoms with Crippen LogP contribution in [-0.4, -0.2) is 119 Å². The van der Waals surface area contributed by atoms with Crippen molar-refractivity contribution >= 4 is 39.3 Å². The number of para-hydroxylation sites is 1. The molecule has 13 unspecified atom stereocenters. The summed E-state index contributed by atoms with van der Waals surface area (Å²) in [5.41, 5.74) is 8.86. The predicted molar refractivity (Wildman–Crippen MR) is 335 cm³/mol. The third-order valence-electron chi connectivity index (χ3n) is 21.3. The van der Waals surface area contributed by atoms with Crippen molar-refractivity contribution in [2.45, 2.75) is 152 Å². The smallest absolute Gasteiger partial charge is 0.318 e. The number of allylic oxidation sites excluding steroid dienone is 1. The van der Waals surface area contributed by atoms with Crippen LogP contribution in [0.15, 0.2) is 103 Å². The number of piperidine rings is 1. The summed E-state index contributed by atoms with van der Waals surface area (Å²) in [4.78, 5) is 36.9. The Bertz CT molecular complexity index is 3850. The number of Topliss-reactive ketones (excluding diaryl/α,β-unsaturated/α-hetero) is 1. The van der Waals surface area contributed by atoms with Crippen LogP contribution >= 0.6 is 0 Å². The molecule has 6 aliphatic rings. The number of benzene rings is 4. The van der Waals surface area contributed by atoms with Crippen LogP contribution in [0.3, 0.4) is 0 Å². The van der Waals surface area contributed by atoms with Crippen LogP contribution in [0.1, 0.15) is 137 Å². The maximum absolute atomic E-state index is 15.6. The van der Waals surface area contributed by atoms with Crippen LogP contribution in [-0.2, 0) is 27.2 Å². The van der Waals surface area contributed by atoms with Crippen LogP contribution in [0.4, 0.5) is 0 Å². The number of aromatic amines is 2. The topological polar surface area (TPSA) is 252 Å². The van der Waals surface area contributed by atoms with E-state index in [1.165, 1.54) is 6.07 Å². The first-order valence-electron chi connectivity index (χ1n) is 31.9. The van der Waals surface area contributed by atoms with Crippen LogP contribution in [0, 0.1) is 46.8 Å². The molecule has 4 aliphatic carbocycles. The Balaban J connectivity index is 0.986. The average molecular weight is 1200 g/mol. The number of aromatic nitrogens is 3. The molecule has 3 aromatic heterocycles. The summed E-state index contributed by atoms with van der Waals surface area (Å²) in [5, 5.41) is 83.1. The maximum atomic E-state index is 15.6. The summed E-state index contributed by atoms with van der Waals surface area (Å²) in [7, 11) is 1.54. The van der Waals surface area contributed by atoms with E-state index in [4.69, 9.17) is 14.2 Å². The number of carbonyl (C=O) groups excluding carboxylic acids is 2. The second-order valence-electron chi connectivity index (χ2n) is 26.3. The van der Waals surface area contributed by atoms with E-state index < -0.39 is 41.2 Å². The van der Waals surface area contributed by atoms with Crippen LogP contribution in [0.25, 0.3) is 38.8 Å². The van der Waals surface area contributed by atoms with E-state index >= 15 is 4.79 Å². The number of rotatable bonds is 13. The zero-order valence-electron chi connectivity index (χ0n) is 50.2.